The van der Waals surface area contributed by atoms with Gasteiger partial charge in [0.2, 0.25) is 0 Å². The minimum absolute atomic E-state index is 0.175. The second-order valence-electron chi connectivity index (χ2n) is 7.12. The number of rotatable bonds is 4. The molecular weight excluding hydrogens is 374 g/mol. The summed E-state index contributed by atoms with van der Waals surface area (Å²) in [7, 11) is 0. The van der Waals surface area contributed by atoms with E-state index in [2.05, 4.69) is 29.2 Å². The summed E-state index contributed by atoms with van der Waals surface area (Å²) in [5.41, 5.74) is 3.48. The average molecular weight is 401 g/mol. The fourth-order valence-electron chi connectivity index (χ4n) is 3.64. The Labute approximate surface area is 169 Å². The van der Waals surface area contributed by atoms with Crippen molar-refractivity contribution in [3.63, 3.8) is 0 Å². The summed E-state index contributed by atoms with van der Waals surface area (Å²) in [6.45, 7) is 4.67. The molecule has 27 heavy (non-hydrogen) atoms. The summed E-state index contributed by atoms with van der Waals surface area (Å²) in [6.07, 6.45) is 5.00. The number of hydrogen-bond acceptors (Lipinski definition) is 4. The highest BCUT2D eigenvalue weighted by atomic mass is 32.2. The first kappa shape index (κ1) is 18.8. The third-order valence-corrected chi connectivity index (χ3v) is 8.23. The molecular formula is C21H26N3OS2+. The zero-order valence-corrected chi connectivity index (χ0v) is 17.1. The molecule has 2 aliphatic rings. The van der Waals surface area contributed by atoms with Gasteiger partial charge >= 0.3 is 0 Å². The largest absolute Gasteiger partial charge is 0.328 e. The Balaban J connectivity index is 1.31. The van der Waals surface area contributed by atoms with Crippen molar-refractivity contribution in [2.24, 2.45) is 0 Å². The molecule has 0 saturated carbocycles. The Morgan fingerprint density at radius 3 is 2.37 bits per heavy atom. The average Bonchev–Trinajstić information content (AvgIpc) is 2.75. The molecule has 0 aliphatic carbocycles. The normalized spacial score (nSPS) is 19.2. The molecule has 2 fully saturated rings. The lowest BCUT2D eigenvalue weighted by Crippen LogP contribution is -3.13. The number of hydrogen-bond donors (Lipinski definition) is 1. The Morgan fingerprint density at radius 1 is 1.04 bits per heavy atom. The third kappa shape index (κ3) is 4.86. The van der Waals surface area contributed by atoms with E-state index < -0.39 is 0 Å². The van der Waals surface area contributed by atoms with E-state index in [1.165, 1.54) is 34.0 Å². The highest BCUT2D eigenvalue weighted by molar-refractivity contribution is 8.16. The quantitative estimate of drug-likeness (QED) is 0.856. The molecule has 4 rings (SSSR count). The fraction of sp³-hybridized carbons (Fsp3) is 0.429. The summed E-state index contributed by atoms with van der Waals surface area (Å²) < 4.78 is 0.531. The van der Waals surface area contributed by atoms with Crippen LogP contribution in [0.2, 0.25) is 0 Å². The molecule has 1 N–H and O–H groups in total. The van der Waals surface area contributed by atoms with Crippen molar-refractivity contribution >= 4 is 29.4 Å². The smallest absolute Gasteiger partial charge is 0.254 e. The van der Waals surface area contributed by atoms with E-state index in [1.54, 1.807) is 0 Å². The Hall–Kier alpha value is -1.50. The predicted molar refractivity (Wildman–Crippen MR) is 113 cm³/mol. The number of nitrogens with zero attached hydrogens (tertiary/aromatic N) is 2. The predicted octanol–water partition coefficient (Wildman–Crippen LogP) is 2.49. The van der Waals surface area contributed by atoms with Gasteiger partial charge in [-0.3, -0.25) is 9.78 Å². The molecule has 2 aliphatic heterocycles. The molecule has 2 saturated heterocycles. The molecule has 0 atom stereocenters. The standard InChI is InChI=1S/C21H25N3OS2/c25-20(18-2-4-19(5-3-18)21-26-14-1-15-27-21)24-12-10-23(11-13-24)16-17-6-8-22-9-7-17/h2-9,21H,1,10-16H2/p+1. The van der Waals surface area contributed by atoms with Crippen LogP contribution in [0.1, 0.15) is 32.5 Å². The van der Waals surface area contributed by atoms with Crippen LogP contribution >= 0.6 is 23.5 Å². The van der Waals surface area contributed by atoms with Crippen LogP contribution in [0.4, 0.5) is 0 Å². The van der Waals surface area contributed by atoms with Crippen LogP contribution in [-0.4, -0.2) is 53.5 Å². The molecule has 6 heteroatoms. The first-order valence-electron chi connectivity index (χ1n) is 9.64. The van der Waals surface area contributed by atoms with Gasteiger partial charge in [-0.2, -0.15) is 0 Å². The maximum absolute atomic E-state index is 12.9. The molecule has 0 radical (unpaired) electrons. The van der Waals surface area contributed by atoms with Crippen LogP contribution < -0.4 is 4.90 Å². The fourth-order valence-corrected chi connectivity index (χ4v) is 6.53. The molecule has 1 amide bonds. The van der Waals surface area contributed by atoms with E-state index in [0.29, 0.717) is 4.58 Å². The van der Waals surface area contributed by atoms with Gasteiger partial charge in [-0.15, -0.1) is 23.5 Å². The van der Waals surface area contributed by atoms with Crippen LogP contribution in [0.25, 0.3) is 0 Å². The van der Waals surface area contributed by atoms with Crippen LogP contribution in [-0.2, 0) is 6.54 Å². The van der Waals surface area contributed by atoms with E-state index in [-0.39, 0.29) is 5.91 Å². The van der Waals surface area contributed by atoms with Gasteiger partial charge in [0.1, 0.15) is 6.54 Å². The second-order valence-corrected chi connectivity index (χ2v) is 9.85. The minimum Gasteiger partial charge on any atom is -0.328 e. The van der Waals surface area contributed by atoms with Crippen LogP contribution in [0.5, 0.6) is 0 Å². The van der Waals surface area contributed by atoms with E-state index in [9.17, 15) is 4.79 Å². The number of carbonyl (C=O) groups is 1. The number of carbonyl (C=O) groups excluding carboxylic acids is 1. The molecule has 1 aromatic carbocycles. The van der Waals surface area contributed by atoms with Gasteiger partial charge in [-0.25, -0.2) is 0 Å². The summed E-state index contributed by atoms with van der Waals surface area (Å²) in [5.74, 6) is 2.66. The highest BCUT2D eigenvalue weighted by Crippen LogP contribution is 2.43. The van der Waals surface area contributed by atoms with Crippen LogP contribution in [0.3, 0.4) is 0 Å². The van der Waals surface area contributed by atoms with E-state index in [0.717, 1.165) is 38.3 Å². The topological polar surface area (TPSA) is 37.6 Å². The van der Waals surface area contributed by atoms with Gasteiger partial charge in [0.15, 0.2) is 0 Å². The van der Waals surface area contributed by atoms with Gasteiger partial charge in [0, 0.05) is 23.5 Å². The zero-order valence-electron chi connectivity index (χ0n) is 15.5. The molecule has 142 valence electrons. The van der Waals surface area contributed by atoms with Crippen LogP contribution in [0.15, 0.2) is 48.8 Å². The number of piperazine rings is 1. The van der Waals surface area contributed by atoms with E-state index in [4.69, 9.17) is 0 Å². The number of amides is 1. The number of quaternary nitrogens is 1. The Kier molecular flexibility index (Phi) is 6.37. The molecule has 4 nitrogen and oxygen atoms in total. The lowest BCUT2D eigenvalue weighted by atomic mass is 10.1. The molecule has 1 aromatic heterocycles. The lowest BCUT2D eigenvalue weighted by molar-refractivity contribution is -0.917. The van der Waals surface area contributed by atoms with Crippen molar-refractivity contribution in [2.45, 2.75) is 17.5 Å². The Morgan fingerprint density at radius 2 is 1.70 bits per heavy atom. The first-order chi connectivity index (χ1) is 13.3. The summed E-state index contributed by atoms with van der Waals surface area (Å²) in [6, 6.07) is 12.5. The molecule has 3 heterocycles. The zero-order chi connectivity index (χ0) is 18.5. The van der Waals surface area contributed by atoms with E-state index >= 15 is 0 Å². The molecule has 0 bridgehead atoms. The van der Waals surface area contributed by atoms with E-state index in [1.807, 2.05) is 53.0 Å². The summed E-state index contributed by atoms with van der Waals surface area (Å²) in [4.78, 5) is 20.5. The third-order valence-electron chi connectivity index (χ3n) is 5.22. The monoisotopic (exact) mass is 400 g/mol. The van der Waals surface area contributed by atoms with Gasteiger partial charge < -0.3 is 9.80 Å². The number of pyridine rings is 1. The molecule has 0 spiro atoms. The molecule has 0 unspecified atom stereocenters. The number of nitrogens with one attached hydrogen (secondary N) is 1. The van der Waals surface area contributed by atoms with Crippen molar-refractivity contribution in [3.05, 3.63) is 65.5 Å². The number of benzene rings is 1. The highest BCUT2D eigenvalue weighted by Gasteiger charge is 2.25. The van der Waals surface area contributed by atoms with Gasteiger partial charge in [0.05, 0.1) is 30.8 Å². The van der Waals surface area contributed by atoms with Crippen molar-refractivity contribution < 1.29 is 9.69 Å². The van der Waals surface area contributed by atoms with Gasteiger partial charge in [0.25, 0.3) is 5.91 Å². The second kappa shape index (κ2) is 9.13. The molecule has 2 aromatic rings. The van der Waals surface area contributed by atoms with Gasteiger partial charge in [-0.1, -0.05) is 12.1 Å². The van der Waals surface area contributed by atoms with Crippen molar-refractivity contribution in [1.29, 1.82) is 0 Å². The first-order valence-corrected chi connectivity index (χ1v) is 11.7. The minimum atomic E-state index is 0.175. The summed E-state index contributed by atoms with van der Waals surface area (Å²) >= 11 is 4.04. The van der Waals surface area contributed by atoms with Crippen molar-refractivity contribution in [1.82, 2.24) is 9.88 Å². The van der Waals surface area contributed by atoms with Crippen molar-refractivity contribution in [2.75, 3.05) is 37.7 Å². The number of thioether (sulfide) groups is 2. The van der Waals surface area contributed by atoms with Gasteiger partial charge in [-0.05, 0) is 47.8 Å². The van der Waals surface area contributed by atoms with Crippen molar-refractivity contribution in [3.8, 4) is 0 Å². The maximum atomic E-state index is 12.9. The summed E-state index contributed by atoms with van der Waals surface area (Å²) in [5, 5.41) is 0. The number of aromatic nitrogens is 1. The SMILES string of the molecule is O=C(c1ccc(C2SCCCS2)cc1)N1CC[NH+](Cc2ccncc2)CC1. The Bertz CT molecular complexity index is 740. The van der Waals surface area contributed by atoms with Crippen LogP contribution in [0, 0.1) is 0 Å². The lowest BCUT2D eigenvalue weighted by Gasteiger charge is -2.32. The maximum Gasteiger partial charge on any atom is 0.254 e.